The van der Waals surface area contributed by atoms with E-state index in [1.54, 1.807) is 7.11 Å². The summed E-state index contributed by atoms with van der Waals surface area (Å²) in [5.41, 5.74) is 1.05. The van der Waals surface area contributed by atoms with Gasteiger partial charge in [0, 0.05) is 18.2 Å². The predicted molar refractivity (Wildman–Crippen MR) is 113 cm³/mol. The first kappa shape index (κ1) is 19.0. The third-order valence-corrected chi connectivity index (χ3v) is 7.98. The molecule has 4 fully saturated rings. The maximum atomic E-state index is 12.8. The number of nitrogens with one attached hydrogen (secondary N) is 1. The van der Waals surface area contributed by atoms with Gasteiger partial charge in [-0.2, -0.15) is 0 Å². The molecule has 2 aromatic rings. The maximum absolute atomic E-state index is 12.8. The molecular weight excluding hydrogens is 384 g/mol. The van der Waals surface area contributed by atoms with Crippen molar-refractivity contribution in [2.45, 2.75) is 49.2 Å². The van der Waals surface area contributed by atoms with Crippen molar-refractivity contribution >= 4 is 17.7 Å². The molecule has 4 bridgehead atoms. The van der Waals surface area contributed by atoms with Gasteiger partial charge < -0.3 is 14.6 Å². The van der Waals surface area contributed by atoms with Crippen molar-refractivity contribution in [3.63, 3.8) is 0 Å². The number of ether oxygens (including phenoxy) is 1. The third kappa shape index (κ3) is 3.65. The van der Waals surface area contributed by atoms with E-state index in [0.29, 0.717) is 5.75 Å². The zero-order valence-electron chi connectivity index (χ0n) is 17.1. The van der Waals surface area contributed by atoms with Gasteiger partial charge in [-0.15, -0.1) is 10.2 Å². The Morgan fingerprint density at radius 1 is 1.14 bits per heavy atom. The Hall–Kier alpha value is -2.02. The Kier molecular flexibility index (Phi) is 4.81. The van der Waals surface area contributed by atoms with Crippen LogP contribution >= 0.6 is 11.8 Å². The Bertz CT molecular complexity index is 873. The highest BCUT2D eigenvalue weighted by Gasteiger charge is 2.51. The molecule has 4 aliphatic rings. The number of amides is 1. The van der Waals surface area contributed by atoms with Crippen LogP contribution in [0.15, 0.2) is 29.4 Å². The summed E-state index contributed by atoms with van der Waals surface area (Å²) in [6.45, 7) is 0. The molecule has 4 aliphatic carbocycles. The number of rotatable bonds is 6. The monoisotopic (exact) mass is 412 g/mol. The Balaban J connectivity index is 1.21. The standard InChI is InChI=1S/C22H28N4O2S/c1-26-20(17-3-5-18(28-2)6-4-17)24-25-21(26)29-13-19(27)23-22-10-14-7-15(11-22)9-16(8-14)12-22/h3-6,14-16H,7-13H2,1-2H3,(H,23,27). The van der Waals surface area contributed by atoms with Crippen LogP contribution < -0.4 is 10.1 Å². The van der Waals surface area contributed by atoms with E-state index in [9.17, 15) is 4.79 Å². The summed E-state index contributed by atoms with van der Waals surface area (Å²) in [6, 6.07) is 7.76. The molecular formula is C22H28N4O2S. The lowest BCUT2D eigenvalue weighted by atomic mass is 9.53. The second-order valence-electron chi connectivity index (χ2n) is 9.13. The molecule has 6 rings (SSSR count). The maximum Gasteiger partial charge on any atom is 0.230 e. The van der Waals surface area contributed by atoms with Crippen LogP contribution in [0.1, 0.15) is 38.5 Å². The van der Waals surface area contributed by atoms with Gasteiger partial charge in [-0.3, -0.25) is 4.79 Å². The van der Waals surface area contributed by atoms with Crippen LogP contribution in [0.3, 0.4) is 0 Å². The zero-order chi connectivity index (χ0) is 20.0. The quantitative estimate of drug-likeness (QED) is 0.733. The molecule has 29 heavy (non-hydrogen) atoms. The first-order valence-corrected chi connectivity index (χ1v) is 11.5. The number of carbonyl (C=O) groups excluding carboxylic acids is 1. The van der Waals surface area contributed by atoms with Gasteiger partial charge in [0.2, 0.25) is 5.91 Å². The lowest BCUT2D eigenvalue weighted by molar-refractivity contribution is -0.124. The Morgan fingerprint density at radius 3 is 2.34 bits per heavy atom. The smallest absolute Gasteiger partial charge is 0.230 e. The van der Waals surface area contributed by atoms with E-state index < -0.39 is 0 Å². The Morgan fingerprint density at radius 2 is 1.76 bits per heavy atom. The van der Waals surface area contributed by atoms with Gasteiger partial charge >= 0.3 is 0 Å². The second kappa shape index (κ2) is 7.35. The SMILES string of the molecule is COc1ccc(-c2nnc(SCC(=O)NC34CC5CC(CC(C5)C3)C4)n2C)cc1. The topological polar surface area (TPSA) is 69.0 Å². The van der Waals surface area contributed by atoms with Crippen molar-refractivity contribution in [2.24, 2.45) is 24.8 Å². The average Bonchev–Trinajstić information content (AvgIpc) is 3.05. The fraction of sp³-hybridized carbons (Fsp3) is 0.591. The molecule has 0 saturated heterocycles. The highest BCUT2D eigenvalue weighted by atomic mass is 32.2. The highest BCUT2D eigenvalue weighted by molar-refractivity contribution is 7.99. The van der Waals surface area contributed by atoms with Crippen molar-refractivity contribution < 1.29 is 9.53 Å². The fourth-order valence-electron chi connectivity index (χ4n) is 6.16. The molecule has 0 unspecified atom stereocenters. The summed E-state index contributed by atoms with van der Waals surface area (Å²) >= 11 is 1.46. The van der Waals surface area contributed by atoms with Crippen LogP contribution in [0.25, 0.3) is 11.4 Å². The van der Waals surface area contributed by atoms with Crippen molar-refractivity contribution in [3.05, 3.63) is 24.3 Å². The third-order valence-electron chi connectivity index (χ3n) is 6.96. The molecule has 1 amide bonds. The lowest BCUT2D eigenvalue weighted by Crippen LogP contribution is -2.60. The van der Waals surface area contributed by atoms with E-state index in [-0.39, 0.29) is 11.4 Å². The van der Waals surface area contributed by atoms with E-state index in [1.165, 1.54) is 50.3 Å². The second-order valence-corrected chi connectivity index (χ2v) is 10.1. The first-order chi connectivity index (χ1) is 14.0. The number of carbonyl (C=O) groups is 1. The number of hydrogen-bond acceptors (Lipinski definition) is 5. The molecule has 154 valence electrons. The molecule has 4 saturated carbocycles. The molecule has 6 nitrogen and oxygen atoms in total. The lowest BCUT2D eigenvalue weighted by Gasteiger charge is -2.56. The van der Waals surface area contributed by atoms with Crippen LogP contribution in [0, 0.1) is 17.8 Å². The molecule has 7 heteroatoms. The van der Waals surface area contributed by atoms with E-state index in [4.69, 9.17) is 4.74 Å². The largest absolute Gasteiger partial charge is 0.497 e. The van der Waals surface area contributed by atoms with E-state index >= 15 is 0 Å². The minimum absolute atomic E-state index is 0.0700. The molecule has 1 N–H and O–H groups in total. The number of benzene rings is 1. The summed E-state index contributed by atoms with van der Waals surface area (Å²) in [5.74, 6) is 4.62. The van der Waals surface area contributed by atoms with E-state index in [2.05, 4.69) is 15.5 Å². The molecule has 0 aliphatic heterocycles. The van der Waals surface area contributed by atoms with Crippen LogP contribution in [-0.2, 0) is 11.8 Å². The van der Waals surface area contributed by atoms with E-state index in [1.807, 2.05) is 35.9 Å². The molecule has 1 aromatic carbocycles. The number of thioether (sulfide) groups is 1. The highest BCUT2D eigenvalue weighted by Crippen LogP contribution is 2.55. The van der Waals surface area contributed by atoms with Crippen molar-refractivity contribution in [3.8, 4) is 17.1 Å². The molecule has 0 spiro atoms. The zero-order valence-corrected chi connectivity index (χ0v) is 17.9. The van der Waals surface area contributed by atoms with Crippen molar-refractivity contribution in [1.29, 1.82) is 0 Å². The fourth-order valence-corrected chi connectivity index (χ4v) is 6.87. The Labute approximate surface area is 175 Å². The molecule has 1 heterocycles. The molecule has 0 radical (unpaired) electrons. The summed E-state index contributed by atoms with van der Waals surface area (Å²) < 4.78 is 7.16. The summed E-state index contributed by atoms with van der Waals surface area (Å²) in [5, 5.41) is 12.8. The first-order valence-electron chi connectivity index (χ1n) is 10.5. The number of hydrogen-bond donors (Lipinski definition) is 1. The minimum atomic E-state index is 0.0700. The van der Waals surface area contributed by atoms with Crippen LogP contribution in [0.4, 0.5) is 0 Å². The molecule has 0 atom stereocenters. The number of aromatic nitrogens is 3. The van der Waals surface area contributed by atoms with Gasteiger partial charge in [0.05, 0.1) is 12.9 Å². The average molecular weight is 413 g/mol. The minimum Gasteiger partial charge on any atom is -0.497 e. The van der Waals surface area contributed by atoms with Gasteiger partial charge in [0.25, 0.3) is 0 Å². The summed E-state index contributed by atoms with van der Waals surface area (Å²) in [7, 11) is 3.60. The van der Waals surface area contributed by atoms with Crippen molar-refractivity contribution in [2.75, 3.05) is 12.9 Å². The van der Waals surface area contributed by atoms with Gasteiger partial charge in [0.15, 0.2) is 11.0 Å². The van der Waals surface area contributed by atoms with Gasteiger partial charge in [-0.05, 0) is 80.5 Å². The van der Waals surface area contributed by atoms with Crippen molar-refractivity contribution in [1.82, 2.24) is 20.1 Å². The summed E-state index contributed by atoms with van der Waals surface area (Å²) in [4.78, 5) is 12.8. The normalized spacial score (nSPS) is 29.8. The van der Waals surface area contributed by atoms with Gasteiger partial charge in [-0.25, -0.2) is 0 Å². The number of methoxy groups -OCH3 is 1. The van der Waals surface area contributed by atoms with Gasteiger partial charge in [0.1, 0.15) is 5.75 Å². The summed E-state index contributed by atoms with van der Waals surface area (Å²) in [6.07, 6.45) is 7.70. The van der Waals surface area contributed by atoms with Gasteiger partial charge in [-0.1, -0.05) is 11.8 Å². The van der Waals surface area contributed by atoms with Crippen LogP contribution in [0.2, 0.25) is 0 Å². The number of nitrogens with zero attached hydrogens (tertiary/aromatic N) is 3. The van der Waals surface area contributed by atoms with Crippen LogP contribution in [0.5, 0.6) is 5.75 Å². The predicted octanol–water partition coefficient (Wildman–Crippen LogP) is 3.67. The van der Waals surface area contributed by atoms with E-state index in [0.717, 1.165) is 40.0 Å². The van der Waals surface area contributed by atoms with Crippen LogP contribution in [-0.4, -0.2) is 39.1 Å². The molecule has 1 aromatic heterocycles.